The number of halogens is 1. The Bertz CT molecular complexity index is 999. The minimum atomic E-state index is -3.83. The largest absolute Gasteiger partial charge is 0.374 e. The average Bonchev–Trinajstić information content (AvgIpc) is 2.72. The minimum absolute atomic E-state index is 0.157. The van der Waals surface area contributed by atoms with Crippen molar-refractivity contribution in [3.8, 4) is 0 Å². The van der Waals surface area contributed by atoms with Gasteiger partial charge in [0.1, 0.15) is 5.82 Å². The molecule has 2 aromatic carbocycles. The second kappa shape index (κ2) is 10.3. The molecule has 1 heterocycles. The van der Waals surface area contributed by atoms with Crippen LogP contribution >= 0.6 is 0 Å². The number of ether oxygens (including phenoxy) is 1. The number of sulfonamides is 1. The Morgan fingerprint density at radius 3 is 2.68 bits per heavy atom. The fourth-order valence-corrected chi connectivity index (χ4v) is 4.69. The lowest BCUT2D eigenvalue weighted by atomic mass is 10.1. The molecule has 168 valence electrons. The predicted molar refractivity (Wildman–Crippen MR) is 116 cm³/mol. The zero-order valence-electron chi connectivity index (χ0n) is 17.7. The van der Waals surface area contributed by atoms with Gasteiger partial charge in [0, 0.05) is 32.2 Å². The number of nitrogens with one attached hydrogen (secondary N) is 2. The summed E-state index contributed by atoms with van der Waals surface area (Å²) >= 11 is 0. The van der Waals surface area contributed by atoms with Crippen LogP contribution < -0.4 is 10.0 Å². The fourth-order valence-electron chi connectivity index (χ4n) is 3.41. The van der Waals surface area contributed by atoms with E-state index in [0.29, 0.717) is 13.2 Å². The van der Waals surface area contributed by atoms with E-state index in [0.717, 1.165) is 31.3 Å². The van der Waals surface area contributed by atoms with E-state index in [-0.39, 0.29) is 29.1 Å². The molecule has 0 spiro atoms. The van der Waals surface area contributed by atoms with Crippen molar-refractivity contribution in [2.45, 2.75) is 37.4 Å². The van der Waals surface area contributed by atoms with Gasteiger partial charge in [-0.1, -0.05) is 30.3 Å². The monoisotopic (exact) mass is 449 g/mol. The lowest BCUT2D eigenvalue weighted by molar-refractivity contribution is -0.0292. The van der Waals surface area contributed by atoms with Crippen molar-refractivity contribution in [1.82, 2.24) is 14.9 Å². The minimum Gasteiger partial charge on any atom is -0.374 e. The number of benzene rings is 2. The van der Waals surface area contributed by atoms with Crippen molar-refractivity contribution >= 4 is 15.9 Å². The molecule has 1 saturated heterocycles. The Labute approximate surface area is 182 Å². The molecular formula is C22H28FN3O4S. The summed E-state index contributed by atoms with van der Waals surface area (Å²) in [6.07, 6.45) is -0.237. The summed E-state index contributed by atoms with van der Waals surface area (Å²) in [6, 6.07) is 12.9. The van der Waals surface area contributed by atoms with Crippen molar-refractivity contribution in [1.29, 1.82) is 0 Å². The molecule has 0 bridgehead atoms. The number of amides is 1. The second-order valence-electron chi connectivity index (χ2n) is 7.84. The van der Waals surface area contributed by atoms with E-state index < -0.39 is 21.7 Å². The van der Waals surface area contributed by atoms with Crippen molar-refractivity contribution in [3.63, 3.8) is 0 Å². The predicted octanol–water partition coefficient (Wildman–Crippen LogP) is 2.14. The van der Waals surface area contributed by atoms with Crippen LogP contribution in [-0.2, 0) is 21.3 Å². The zero-order chi connectivity index (χ0) is 22.4. The van der Waals surface area contributed by atoms with Crippen molar-refractivity contribution < 1.29 is 22.3 Å². The highest BCUT2D eigenvalue weighted by Gasteiger charge is 2.23. The van der Waals surface area contributed by atoms with Gasteiger partial charge >= 0.3 is 0 Å². The van der Waals surface area contributed by atoms with Crippen LogP contribution in [0.25, 0.3) is 0 Å². The third-order valence-corrected chi connectivity index (χ3v) is 6.50. The van der Waals surface area contributed by atoms with Gasteiger partial charge in [0.2, 0.25) is 10.0 Å². The Morgan fingerprint density at radius 1 is 1.23 bits per heavy atom. The van der Waals surface area contributed by atoms with Gasteiger partial charge in [-0.25, -0.2) is 17.5 Å². The van der Waals surface area contributed by atoms with Crippen LogP contribution in [-0.4, -0.2) is 57.6 Å². The van der Waals surface area contributed by atoms with Gasteiger partial charge in [0.05, 0.1) is 23.2 Å². The smallest absolute Gasteiger partial charge is 0.254 e. The van der Waals surface area contributed by atoms with E-state index in [1.54, 1.807) is 13.8 Å². The van der Waals surface area contributed by atoms with Gasteiger partial charge in [-0.3, -0.25) is 9.69 Å². The number of nitrogens with zero attached hydrogens (tertiary/aromatic N) is 1. The number of hydrogen-bond acceptors (Lipinski definition) is 5. The summed E-state index contributed by atoms with van der Waals surface area (Å²) < 4.78 is 47.0. The van der Waals surface area contributed by atoms with Gasteiger partial charge in [-0.2, -0.15) is 0 Å². The summed E-state index contributed by atoms with van der Waals surface area (Å²) in [5.74, 6) is -1.46. The van der Waals surface area contributed by atoms with Crippen LogP contribution in [0.5, 0.6) is 0 Å². The maximum Gasteiger partial charge on any atom is 0.254 e. The third kappa shape index (κ3) is 6.57. The summed E-state index contributed by atoms with van der Waals surface area (Å²) in [5, 5.41) is 2.67. The van der Waals surface area contributed by atoms with E-state index >= 15 is 0 Å². The van der Waals surface area contributed by atoms with E-state index in [1.807, 2.05) is 18.2 Å². The van der Waals surface area contributed by atoms with Gasteiger partial charge < -0.3 is 10.1 Å². The second-order valence-corrected chi connectivity index (χ2v) is 9.56. The number of carbonyl (C=O) groups is 1. The van der Waals surface area contributed by atoms with E-state index in [9.17, 15) is 17.6 Å². The number of carbonyl (C=O) groups excluding carboxylic acids is 1. The normalized spacial score (nSPS) is 17.6. The first-order chi connectivity index (χ1) is 14.7. The van der Waals surface area contributed by atoms with Crippen LogP contribution in [0, 0.1) is 5.82 Å². The molecule has 31 heavy (non-hydrogen) atoms. The molecule has 1 atom stereocenters. The van der Waals surface area contributed by atoms with Gasteiger partial charge in [0.15, 0.2) is 0 Å². The Hall–Kier alpha value is -2.33. The lowest BCUT2D eigenvalue weighted by Gasteiger charge is -2.33. The molecule has 9 heteroatoms. The quantitative estimate of drug-likeness (QED) is 0.645. The molecule has 1 amide bonds. The molecule has 2 aromatic rings. The van der Waals surface area contributed by atoms with Gasteiger partial charge in [0.25, 0.3) is 5.91 Å². The first-order valence-electron chi connectivity index (χ1n) is 10.2. The van der Waals surface area contributed by atoms with Crippen LogP contribution in [0.2, 0.25) is 0 Å². The Morgan fingerprint density at radius 2 is 1.97 bits per heavy atom. The standard InChI is InChI=1S/C22H28FN3O4S/c1-16(2)25-31(28,29)19-8-9-21(23)20(12-19)22(27)24-13-18-15-26(10-11-30-18)14-17-6-4-3-5-7-17/h3-9,12,16,18,25H,10-11,13-15H2,1-2H3,(H,24,27). The third-order valence-electron chi connectivity index (χ3n) is 4.85. The fraction of sp³-hybridized carbons (Fsp3) is 0.409. The molecule has 3 rings (SSSR count). The molecule has 0 saturated carbocycles. The van der Waals surface area contributed by atoms with Gasteiger partial charge in [-0.05, 0) is 37.6 Å². The van der Waals surface area contributed by atoms with Gasteiger partial charge in [-0.15, -0.1) is 0 Å². The molecule has 0 aliphatic carbocycles. The SMILES string of the molecule is CC(C)NS(=O)(=O)c1ccc(F)c(C(=O)NCC2CN(Cc3ccccc3)CCO2)c1. The zero-order valence-corrected chi connectivity index (χ0v) is 18.5. The van der Waals surface area contributed by atoms with Crippen LogP contribution in [0.15, 0.2) is 53.4 Å². The molecule has 1 unspecified atom stereocenters. The lowest BCUT2D eigenvalue weighted by Crippen LogP contribution is -2.47. The van der Waals surface area contributed by atoms with Crippen molar-refractivity contribution in [3.05, 3.63) is 65.5 Å². The van der Waals surface area contributed by atoms with Crippen molar-refractivity contribution in [2.24, 2.45) is 0 Å². The topological polar surface area (TPSA) is 87.7 Å². The molecule has 0 radical (unpaired) electrons. The number of morpholine rings is 1. The molecular weight excluding hydrogens is 421 g/mol. The molecule has 1 aliphatic heterocycles. The first kappa shape index (κ1) is 23.3. The Kier molecular flexibility index (Phi) is 7.77. The number of hydrogen-bond donors (Lipinski definition) is 2. The highest BCUT2D eigenvalue weighted by molar-refractivity contribution is 7.89. The maximum atomic E-state index is 14.2. The van der Waals surface area contributed by atoms with Crippen LogP contribution in [0.3, 0.4) is 0 Å². The summed E-state index contributed by atoms with van der Waals surface area (Å²) in [5.41, 5.74) is 0.880. The molecule has 2 N–H and O–H groups in total. The van der Waals surface area contributed by atoms with E-state index in [2.05, 4.69) is 27.1 Å². The highest BCUT2D eigenvalue weighted by Crippen LogP contribution is 2.16. The highest BCUT2D eigenvalue weighted by atomic mass is 32.2. The average molecular weight is 450 g/mol. The summed E-state index contributed by atoms with van der Waals surface area (Å²) in [4.78, 5) is 14.6. The van der Waals surface area contributed by atoms with Crippen LogP contribution in [0.4, 0.5) is 4.39 Å². The maximum absolute atomic E-state index is 14.2. The molecule has 0 aromatic heterocycles. The summed E-state index contributed by atoms with van der Waals surface area (Å²) in [6.45, 7) is 6.30. The number of rotatable bonds is 8. The Balaban J connectivity index is 1.60. The molecule has 1 fully saturated rings. The van der Waals surface area contributed by atoms with Crippen LogP contribution in [0.1, 0.15) is 29.8 Å². The van der Waals surface area contributed by atoms with E-state index in [4.69, 9.17) is 4.74 Å². The summed E-state index contributed by atoms with van der Waals surface area (Å²) in [7, 11) is -3.83. The molecule has 7 nitrogen and oxygen atoms in total. The van der Waals surface area contributed by atoms with E-state index in [1.165, 1.54) is 5.56 Å². The van der Waals surface area contributed by atoms with Crippen molar-refractivity contribution in [2.75, 3.05) is 26.2 Å². The first-order valence-corrected chi connectivity index (χ1v) is 11.7. The molecule has 1 aliphatic rings.